The number of carbonyl (C=O) groups is 1. The van der Waals surface area contributed by atoms with E-state index in [4.69, 9.17) is 0 Å². The average Bonchev–Trinajstić information content (AvgIpc) is 2.48. The molecule has 1 heterocycles. The molecule has 0 unspecified atom stereocenters. The number of carbonyl (C=O) groups excluding carboxylic acids is 1. The molecule has 2 rings (SSSR count). The molecule has 0 saturated carbocycles. The second-order valence-electron chi connectivity index (χ2n) is 4.84. The van der Waals surface area contributed by atoms with Gasteiger partial charge in [-0.05, 0) is 31.4 Å². The third kappa shape index (κ3) is 3.43. The van der Waals surface area contributed by atoms with Crippen molar-refractivity contribution in [2.24, 2.45) is 0 Å². The molecule has 0 bridgehead atoms. The average molecular weight is 286 g/mol. The summed E-state index contributed by atoms with van der Waals surface area (Å²) in [6.07, 6.45) is 3.37. The van der Waals surface area contributed by atoms with Crippen LogP contribution in [-0.2, 0) is 4.79 Å². The maximum atomic E-state index is 13.4. The Bertz CT molecular complexity index is 488. The van der Waals surface area contributed by atoms with Crippen molar-refractivity contribution >= 4 is 11.6 Å². The van der Waals surface area contributed by atoms with E-state index in [-0.39, 0.29) is 24.6 Å². The maximum absolute atomic E-state index is 13.4. The Labute approximate surface area is 115 Å². The van der Waals surface area contributed by atoms with Crippen molar-refractivity contribution in [1.29, 1.82) is 0 Å². The van der Waals surface area contributed by atoms with Crippen LogP contribution in [0.25, 0.3) is 0 Å². The Morgan fingerprint density at radius 1 is 1.10 bits per heavy atom. The fraction of sp³-hybridized carbons (Fsp3) is 0.500. The highest BCUT2D eigenvalue weighted by Gasteiger charge is 2.17. The molecule has 0 radical (unpaired) electrons. The molecule has 1 aliphatic rings. The molecule has 1 aromatic carbocycles. The predicted octanol–water partition coefficient (Wildman–Crippen LogP) is 2.92. The molecule has 20 heavy (non-hydrogen) atoms. The molecule has 1 aromatic rings. The summed E-state index contributed by atoms with van der Waals surface area (Å²) >= 11 is 0. The van der Waals surface area contributed by atoms with Gasteiger partial charge in [-0.3, -0.25) is 4.79 Å². The third-order valence-electron chi connectivity index (χ3n) is 3.40. The fourth-order valence-corrected chi connectivity index (χ4v) is 2.27. The number of rotatable bonds is 4. The smallest absolute Gasteiger partial charge is 0.224 e. The molecule has 0 aromatic heterocycles. The molecular weight excluding hydrogens is 269 g/mol. The minimum Gasteiger partial charge on any atom is -0.382 e. The summed E-state index contributed by atoms with van der Waals surface area (Å²) < 4.78 is 39.1. The van der Waals surface area contributed by atoms with Crippen LogP contribution in [0.3, 0.4) is 0 Å². The molecular formula is C14H17F3N2O. The van der Waals surface area contributed by atoms with Gasteiger partial charge in [0.05, 0.1) is 5.69 Å². The first-order valence-electron chi connectivity index (χ1n) is 6.74. The lowest BCUT2D eigenvalue weighted by molar-refractivity contribution is -0.131. The molecule has 3 nitrogen and oxygen atoms in total. The van der Waals surface area contributed by atoms with Crippen LogP contribution < -0.4 is 5.32 Å². The molecule has 1 fully saturated rings. The number of hydrogen-bond acceptors (Lipinski definition) is 2. The Morgan fingerprint density at radius 2 is 1.80 bits per heavy atom. The standard InChI is InChI=1S/C14H17F3N2O/c15-10-4-5-11(14(17)13(10)16)18-7-6-12(20)19-8-2-1-3-9-19/h4-5,18H,1-3,6-9H2. The lowest BCUT2D eigenvalue weighted by atomic mass is 10.1. The minimum atomic E-state index is -1.50. The van der Waals surface area contributed by atoms with E-state index in [1.54, 1.807) is 4.90 Å². The van der Waals surface area contributed by atoms with Gasteiger partial charge in [0.1, 0.15) is 0 Å². The monoisotopic (exact) mass is 286 g/mol. The Kier molecular flexibility index (Phi) is 4.87. The van der Waals surface area contributed by atoms with Crippen LogP contribution in [0.2, 0.25) is 0 Å². The summed E-state index contributed by atoms with van der Waals surface area (Å²) in [7, 11) is 0. The van der Waals surface area contributed by atoms with E-state index >= 15 is 0 Å². The zero-order valence-corrected chi connectivity index (χ0v) is 11.1. The number of hydrogen-bond donors (Lipinski definition) is 1. The van der Waals surface area contributed by atoms with Gasteiger partial charge < -0.3 is 10.2 Å². The van der Waals surface area contributed by atoms with Gasteiger partial charge in [0.2, 0.25) is 5.91 Å². The number of anilines is 1. The summed E-state index contributed by atoms with van der Waals surface area (Å²) in [4.78, 5) is 13.6. The topological polar surface area (TPSA) is 32.3 Å². The van der Waals surface area contributed by atoms with Gasteiger partial charge in [0.25, 0.3) is 0 Å². The first-order valence-corrected chi connectivity index (χ1v) is 6.74. The van der Waals surface area contributed by atoms with Crippen molar-refractivity contribution in [3.63, 3.8) is 0 Å². The SMILES string of the molecule is O=C(CCNc1ccc(F)c(F)c1F)N1CCCCC1. The number of nitrogens with zero attached hydrogens (tertiary/aromatic N) is 1. The number of piperidine rings is 1. The maximum Gasteiger partial charge on any atom is 0.224 e. The normalized spacial score (nSPS) is 15.2. The second kappa shape index (κ2) is 6.63. The Hall–Kier alpha value is -1.72. The quantitative estimate of drug-likeness (QED) is 0.863. The summed E-state index contributed by atoms with van der Waals surface area (Å²) in [5.41, 5.74) is -0.129. The third-order valence-corrected chi connectivity index (χ3v) is 3.40. The molecule has 1 N–H and O–H groups in total. The highest BCUT2D eigenvalue weighted by Crippen LogP contribution is 2.19. The molecule has 110 valence electrons. The van der Waals surface area contributed by atoms with Gasteiger partial charge in [-0.25, -0.2) is 13.2 Å². The lowest BCUT2D eigenvalue weighted by Crippen LogP contribution is -2.36. The highest BCUT2D eigenvalue weighted by atomic mass is 19.2. The summed E-state index contributed by atoms with van der Waals surface area (Å²) in [5.74, 6) is -3.98. The van der Waals surface area contributed by atoms with E-state index in [1.165, 1.54) is 0 Å². The van der Waals surface area contributed by atoms with E-state index in [0.717, 1.165) is 44.5 Å². The summed E-state index contributed by atoms with van der Waals surface area (Å²) in [5, 5.41) is 2.62. The van der Waals surface area contributed by atoms with Crippen molar-refractivity contribution in [1.82, 2.24) is 4.90 Å². The second-order valence-corrected chi connectivity index (χ2v) is 4.84. The van der Waals surface area contributed by atoms with Crippen molar-refractivity contribution in [3.05, 3.63) is 29.6 Å². The number of benzene rings is 1. The largest absolute Gasteiger partial charge is 0.382 e. The summed E-state index contributed by atoms with van der Waals surface area (Å²) in [6.45, 7) is 1.72. The number of amides is 1. The van der Waals surface area contributed by atoms with E-state index in [1.807, 2.05) is 0 Å². The molecule has 0 atom stereocenters. The first kappa shape index (κ1) is 14.7. The van der Waals surface area contributed by atoms with Crippen LogP contribution in [0.15, 0.2) is 12.1 Å². The van der Waals surface area contributed by atoms with Gasteiger partial charge in [0, 0.05) is 26.1 Å². The van der Waals surface area contributed by atoms with Gasteiger partial charge >= 0.3 is 0 Å². The van der Waals surface area contributed by atoms with E-state index < -0.39 is 17.5 Å². The van der Waals surface area contributed by atoms with Crippen LogP contribution in [0.1, 0.15) is 25.7 Å². The van der Waals surface area contributed by atoms with Gasteiger partial charge in [-0.1, -0.05) is 0 Å². The zero-order valence-electron chi connectivity index (χ0n) is 11.1. The lowest BCUT2D eigenvalue weighted by Gasteiger charge is -2.26. The van der Waals surface area contributed by atoms with Crippen LogP contribution in [0.4, 0.5) is 18.9 Å². The number of likely N-dealkylation sites (tertiary alicyclic amines) is 1. The highest BCUT2D eigenvalue weighted by molar-refractivity contribution is 5.76. The fourth-order valence-electron chi connectivity index (χ4n) is 2.27. The van der Waals surface area contributed by atoms with E-state index in [2.05, 4.69) is 5.32 Å². The van der Waals surface area contributed by atoms with E-state index in [9.17, 15) is 18.0 Å². The van der Waals surface area contributed by atoms with Crippen molar-refractivity contribution in [2.45, 2.75) is 25.7 Å². The first-order chi connectivity index (χ1) is 9.59. The molecule has 0 spiro atoms. The minimum absolute atomic E-state index is 0.000178. The van der Waals surface area contributed by atoms with E-state index in [0.29, 0.717) is 0 Å². The predicted molar refractivity (Wildman–Crippen MR) is 69.9 cm³/mol. The Balaban J connectivity index is 1.83. The zero-order chi connectivity index (χ0) is 14.5. The molecule has 0 aliphatic carbocycles. The summed E-state index contributed by atoms with van der Waals surface area (Å²) in [6, 6.07) is 1.98. The van der Waals surface area contributed by atoms with Crippen LogP contribution >= 0.6 is 0 Å². The van der Waals surface area contributed by atoms with Gasteiger partial charge in [-0.2, -0.15) is 0 Å². The molecule has 1 amide bonds. The number of nitrogens with one attached hydrogen (secondary N) is 1. The van der Waals surface area contributed by atoms with Crippen molar-refractivity contribution < 1.29 is 18.0 Å². The van der Waals surface area contributed by atoms with Gasteiger partial charge in [0.15, 0.2) is 17.5 Å². The molecule has 1 saturated heterocycles. The Morgan fingerprint density at radius 3 is 2.50 bits per heavy atom. The van der Waals surface area contributed by atoms with Crippen LogP contribution in [0.5, 0.6) is 0 Å². The van der Waals surface area contributed by atoms with Crippen LogP contribution in [0, 0.1) is 17.5 Å². The number of halogens is 3. The van der Waals surface area contributed by atoms with Crippen molar-refractivity contribution in [2.75, 3.05) is 25.0 Å². The molecule has 1 aliphatic heterocycles. The van der Waals surface area contributed by atoms with Crippen molar-refractivity contribution in [3.8, 4) is 0 Å². The molecule has 6 heteroatoms. The van der Waals surface area contributed by atoms with Crippen LogP contribution in [-0.4, -0.2) is 30.4 Å². The van der Waals surface area contributed by atoms with Gasteiger partial charge in [-0.15, -0.1) is 0 Å².